The van der Waals surface area contributed by atoms with Crippen LogP contribution in [-0.2, 0) is 9.53 Å². The van der Waals surface area contributed by atoms with Crippen molar-refractivity contribution in [2.24, 2.45) is 11.7 Å². The van der Waals surface area contributed by atoms with Crippen molar-refractivity contribution in [3.63, 3.8) is 0 Å². The Hall–Kier alpha value is -1.66. The highest BCUT2D eigenvalue weighted by Gasteiger charge is 2.31. The molecular formula is C11H15N3O3. The van der Waals surface area contributed by atoms with Crippen molar-refractivity contribution in [1.29, 1.82) is 0 Å². The Morgan fingerprint density at radius 2 is 2.47 bits per heavy atom. The lowest BCUT2D eigenvalue weighted by molar-refractivity contribution is -0.120. The van der Waals surface area contributed by atoms with Crippen molar-refractivity contribution in [3.8, 4) is 5.88 Å². The van der Waals surface area contributed by atoms with Crippen LogP contribution in [0, 0.1) is 5.92 Å². The largest absolute Gasteiger partial charge is 0.480 e. The zero-order valence-electron chi connectivity index (χ0n) is 9.55. The van der Waals surface area contributed by atoms with E-state index in [1.54, 1.807) is 18.3 Å². The molecule has 3 N–H and O–H groups in total. The maximum Gasteiger partial charge on any atom is 0.237 e. The number of nitrogens with zero attached hydrogens (tertiary/aromatic N) is 1. The number of rotatable bonds is 3. The number of hydrogen-bond acceptors (Lipinski definition) is 5. The molecule has 0 aromatic carbocycles. The third-order valence-electron chi connectivity index (χ3n) is 2.68. The average Bonchev–Trinajstić information content (AvgIpc) is 2.76. The van der Waals surface area contributed by atoms with Crippen LogP contribution in [0.1, 0.15) is 0 Å². The lowest BCUT2D eigenvalue weighted by Gasteiger charge is -2.14. The Labute approximate surface area is 99.1 Å². The van der Waals surface area contributed by atoms with Crippen molar-refractivity contribution >= 4 is 11.6 Å². The van der Waals surface area contributed by atoms with Crippen LogP contribution in [0.3, 0.4) is 0 Å². The molecule has 1 saturated heterocycles. The number of anilines is 1. The molecule has 6 heteroatoms. The van der Waals surface area contributed by atoms with Crippen molar-refractivity contribution < 1.29 is 14.3 Å². The van der Waals surface area contributed by atoms with Crippen molar-refractivity contribution in [3.05, 3.63) is 18.3 Å². The number of carbonyl (C=O) groups excluding carboxylic acids is 1. The summed E-state index contributed by atoms with van der Waals surface area (Å²) in [5, 5.41) is 2.75. The predicted molar refractivity (Wildman–Crippen MR) is 61.7 cm³/mol. The molecule has 1 aliphatic heterocycles. The SMILES string of the molecule is COc1ncccc1NC(=O)C1COCC1N. The highest BCUT2D eigenvalue weighted by molar-refractivity contribution is 5.94. The van der Waals surface area contributed by atoms with Crippen LogP contribution in [0.5, 0.6) is 5.88 Å². The second-order valence-corrected chi connectivity index (χ2v) is 3.86. The molecule has 2 unspecified atom stereocenters. The van der Waals surface area contributed by atoms with Gasteiger partial charge in [-0.3, -0.25) is 4.79 Å². The van der Waals surface area contributed by atoms with Gasteiger partial charge in [0.25, 0.3) is 0 Å². The topological polar surface area (TPSA) is 86.5 Å². The highest BCUT2D eigenvalue weighted by atomic mass is 16.5. The summed E-state index contributed by atoms with van der Waals surface area (Å²) >= 11 is 0. The van der Waals surface area contributed by atoms with E-state index in [1.165, 1.54) is 7.11 Å². The summed E-state index contributed by atoms with van der Waals surface area (Å²) in [6.07, 6.45) is 1.60. The molecule has 6 nitrogen and oxygen atoms in total. The fraction of sp³-hybridized carbons (Fsp3) is 0.455. The van der Waals surface area contributed by atoms with Gasteiger partial charge in [-0.2, -0.15) is 0 Å². The molecule has 0 aliphatic carbocycles. The van der Waals surface area contributed by atoms with Gasteiger partial charge in [0.05, 0.1) is 26.2 Å². The van der Waals surface area contributed by atoms with Gasteiger partial charge in [0.15, 0.2) is 0 Å². The monoisotopic (exact) mass is 237 g/mol. The zero-order valence-corrected chi connectivity index (χ0v) is 9.55. The number of carbonyl (C=O) groups is 1. The second-order valence-electron chi connectivity index (χ2n) is 3.86. The summed E-state index contributed by atoms with van der Waals surface area (Å²) in [6, 6.07) is 3.20. The van der Waals surface area contributed by atoms with E-state index in [2.05, 4.69) is 10.3 Å². The molecule has 2 rings (SSSR count). The smallest absolute Gasteiger partial charge is 0.237 e. The minimum atomic E-state index is -0.320. The van der Waals surface area contributed by atoms with E-state index in [0.29, 0.717) is 24.8 Å². The standard InChI is InChI=1S/C11H15N3O3/c1-16-11-9(3-2-4-13-11)14-10(15)7-5-17-6-8(7)12/h2-4,7-8H,5-6,12H2,1H3,(H,14,15). The van der Waals surface area contributed by atoms with Crippen LogP contribution in [0.15, 0.2) is 18.3 Å². The first-order valence-corrected chi connectivity index (χ1v) is 5.35. The molecule has 0 saturated carbocycles. The quantitative estimate of drug-likeness (QED) is 0.773. The third-order valence-corrected chi connectivity index (χ3v) is 2.68. The van der Waals surface area contributed by atoms with E-state index >= 15 is 0 Å². The number of amides is 1. The average molecular weight is 237 g/mol. The maximum atomic E-state index is 11.9. The Kier molecular flexibility index (Phi) is 3.55. The van der Waals surface area contributed by atoms with Crippen molar-refractivity contribution in [1.82, 2.24) is 4.98 Å². The number of ether oxygens (including phenoxy) is 2. The molecular weight excluding hydrogens is 222 g/mol. The van der Waals surface area contributed by atoms with Gasteiger partial charge in [-0.25, -0.2) is 4.98 Å². The second kappa shape index (κ2) is 5.11. The summed E-state index contributed by atoms with van der Waals surface area (Å²) in [4.78, 5) is 15.9. The fourth-order valence-electron chi connectivity index (χ4n) is 1.72. The molecule has 1 aromatic heterocycles. The molecule has 0 radical (unpaired) electrons. The van der Waals surface area contributed by atoms with Crippen molar-refractivity contribution in [2.45, 2.75) is 6.04 Å². The van der Waals surface area contributed by atoms with E-state index in [1.807, 2.05) is 0 Å². The first kappa shape index (κ1) is 11.8. The van der Waals surface area contributed by atoms with E-state index in [0.717, 1.165) is 0 Å². The van der Waals surface area contributed by atoms with E-state index in [9.17, 15) is 4.79 Å². The van der Waals surface area contributed by atoms with Crippen LogP contribution in [0.4, 0.5) is 5.69 Å². The van der Waals surface area contributed by atoms with Gasteiger partial charge in [0.1, 0.15) is 5.69 Å². The number of nitrogens with two attached hydrogens (primary N) is 1. The molecule has 0 spiro atoms. The Balaban J connectivity index is 2.07. The fourth-order valence-corrected chi connectivity index (χ4v) is 1.72. The van der Waals surface area contributed by atoms with E-state index in [4.69, 9.17) is 15.2 Å². The number of methoxy groups -OCH3 is 1. The van der Waals surface area contributed by atoms with E-state index in [-0.39, 0.29) is 17.9 Å². The molecule has 1 aliphatic rings. The first-order chi connectivity index (χ1) is 8.22. The zero-order chi connectivity index (χ0) is 12.3. The van der Waals surface area contributed by atoms with Crippen LogP contribution in [0.2, 0.25) is 0 Å². The Morgan fingerprint density at radius 1 is 1.65 bits per heavy atom. The van der Waals surface area contributed by atoms with Crippen LogP contribution in [0.25, 0.3) is 0 Å². The molecule has 1 fully saturated rings. The number of pyridine rings is 1. The van der Waals surface area contributed by atoms with Gasteiger partial charge in [0.2, 0.25) is 11.8 Å². The molecule has 2 atom stereocenters. The molecule has 1 amide bonds. The summed E-state index contributed by atoms with van der Waals surface area (Å²) in [5.41, 5.74) is 6.31. The molecule has 92 valence electrons. The molecule has 17 heavy (non-hydrogen) atoms. The summed E-state index contributed by atoms with van der Waals surface area (Å²) < 4.78 is 10.2. The first-order valence-electron chi connectivity index (χ1n) is 5.35. The highest BCUT2D eigenvalue weighted by Crippen LogP contribution is 2.22. The minimum Gasteiger partial charge on any atom is -0.480 e. The van der Waals surface area contributed by atoms with E-state index < -0.39 is 0 Å². The van der Waals surface area contributed by atoms with Gasteiger partial charge in [0, 0.05) is 12.2 Å². The number of aromatic nitrogens is 1. The predicted octanol–water partition coefficient (Wildman–Crippen LogP) is 0.00240. The van der Waals surface area contributed by atoms with Crippen molar-refractivity contribution in [2.75, 3.05) is 25.6 Å². The lowest BCUT2D eigenvalue weighted by atomic mass is 10.0. The van der Waals surface area contributed by atoms with Gasteiger partial charge >= 0.3 is 0 Å². The van der Waals surface area contributed by atoms with Gasteiger partial charge in [-0.1, -0.05) is 0 Å². The third kappa shape index (κ3) is 2.54. The molecule has 0 bridgehead atoms. The number of hydrogen-bond donors (Lipinski definition) is 2. The Morgan fingerprint density at radius 3 is 3.12 bits per heavy atom. The lowest BCUT2D eigenvalue weighted by Crippen LogP contribution is -2.37. The van der Waals surface area contributed by atoms with Crippen LogP contribution in [-0.4, -0.2) is 37.3 Å². The summed E-state index contributed by atoms with van der Waals surface area (Å²) in [6.45, 7) is 0.776. The Bertz CT molecular complexity index is 411. The van der Waals surface area contributed by atoms with Crippen LogP contribution >= 0.6 is 0 Å². The summed E-state index contributed by atoms with van der Waals surface area (Å²) in [5.74, 6) is -0.102. The maximum absolute atomic E-state index is 11.9. The normalized spacial score (nSPS) is 23.4. The van der Waals surface area contributed by atoms with Crippen LogP contribution < -0.4 is 15.8 Å². The van der Waals surface area contributed by atoms with Gasteiger partial charge < -0.3 is 20.5 Å². The number of nitrogens with one attached hydrogen (secondary N) is 1. The molecule has 1 aromatic rings. The molecule has 2 heterocycles. The van der Waals surface area contributed by atoms with Gasteiger partial charge in [-0.15, -0.1) is 0 Å². The summed E-state index contributed by atoms with van der Waals surface area (Å²) in [7, 11) is 1.50. The van der Waals surface area contributed by atoms with Gasteiger partial charge in [-0.05, 0) is 12.1 Å². The minimum absolute atomic E-state index is 0.165.